The van der Waals surface area contributed by atoms with Crippen LogP contribution in [0.3, 0.4) is 0 Å². The molecule has 2 aromatic heterocycles. The maximum absolute atomic E-state index is 12.3. The SMILES string of the molecule is Cc1ncccc1NC(=O)CCc1nnc(CCC(C)C)n1C1CC1. The zero-order valence-corrected chi connectivity index (χ0v) is 15.3. The molecule has 134 valence electrons. The highest BCUT2D eigenvalue weighted by molar-refractivity contribution is 5.91. The second-order valence-electron chi connectivity index (χ2n) is 7.25. The molecule has 0 saturated heterocycles. The molecule has 3 rings (SSSR count). The number of anilines is 1. The van der Waals surface area contributed by atoms with Crippen molar-refractivity contribution in [3.63, 3.8) is 0 Å². The highest BCUT2D eigenvalue weighted by atomic mass is 16.1. The Kier molecular flexibility index (Phi) is 5.46. The van der Waals surface area contributed by atoms with Gasteiger partial charge in [-0.05, 0) is 44.2 Å². The summed E-state index contributed by atoms with van der Waals surface area (Å²) in [7, 11) is 0. The van der Waals surface area contributed by atoms with Gasteiger partial charge in [0.25, 0.3) is 0 Å². The van der Waals surface area contributed by atoms with Crippen LogP contribution >= 0.6 is 0 Å². The molecular formula is C19H27N5O. The molecule has 6 nitrogen and oxygen atoms in total. The van der Waals surface area contributed by atoms with Gasteiger partial charge in [0.2, 0.25) is 5.91 Å². The second kappa shape index (κ2) is 7.76. The van der Waals surface area contributed by atoms with Crippen molar-refractivity contribution in [1.82, 2.24) is 19.7 Å². The van der Waals surface area contributed by atoms with Crippen LogP contribution in [0.2, 0.25) is 0 Å². The highest BCUT2D eigenvalue weighted by Crippen LogP contribution is 2.37. The number of amides is 1. The van der Waals surface area contributed by atoms with Crippen molar-refractivity contribution in [2.45, 2.75) is 65.3 Å². The molecular weight excluding hydrogens is 314 g/mol. The summed E-state index contributed by atoms with van der Waals surface area (Å²) in [6, 6.07) is 4.24. The van der Waals surface area contributed by atoms with Gasteiger partial charge in [0, 0.05) is 31.5 Å². The topological polar surface area (TPSA) is 72.7 Å². The van der Waals surface area contributed by atoms with Crippen molar-refractivity contribution in [3.05, 3.63) is 35.7 Å². The van der Waals surface area contributed by atoms with Gasteiger partial charge in [0.15, 0.2) is 0 Å². The highest BCUT2D eigenvalue weighted by Gasteiger charge is 2.29. The Morgan fingerprint density at radius 3 is 2.64 bits per heavy atom. The molecule has 0 aromatic carbocycles. The van der Waals surface area contributed by atoms with Gasteiger partial charge in [-0.25, -0.2) is 0 Å². The van der Waals surface area contributed by atoms with E-state index in [1.54, 1.807) is 6.20 Å². The van der Waals surface area contributed by atoms with E-state index in [0.29, 0.717) is 24.8 Å². The van der Waals surface area contributed by atoms with Crippen molar-refractivity contribution in [2.24, 2.45) is 5.92 Å². The van der Waals surface area contributed by atoms with E-state index in [1.165, 1.54) is 12.8 Å². The Morgan fingerprint density at radius 2 is 2.00 bits per heavy atom. The molecule has 0 atom stereocenters. The van der Waals surface area contributed by atoms with Gasteiger partial charge in [0.1, 0.15) is 11.6 Å². The predicted octanol–water partition coefficient (Wildman–Crippen LogP) is 3.48. The number of carbonyl (C=O) groups is 1. The number of aromatic nitrogens is 4. The van der Waals surface area contributed by atoms with Gasteiger partial charge in [-0.1, -0.05) is 13.8 Å². The number of pyridine rings is 1. The minimum atomic E-state index is -0.00910. The van der Waals surface area contributed by atoms with E-state index in [-0.39, 0.29) is 5.91 Å². The third kappa shape index (κ3) is 4.65. The fourth-order valence-corrected chi connectivity index (χ4v) is 2.93. The average Bonchev–Trinajstić information content (AvgIpc) is 3.33. The molecule has 1 aliphatic rings. The molecule has 0 radical (unpaired) electrons. The summed E-state index contributed by atoms with van der Waals surface area (Å²) in [5.41, 5.74) is 1.60. The van der Waals surface area contributed by atoms with E-state index >= 15 is 0 Å². The fraction of sp³-hybridized carbons (Fsp3) is 0.579. The lowest BCUT2D eigenvalue weighted by atomic mass is 10.1. The summed E-state index contributed by atoms with van der Waals surface area (Å²) < 4.78 is 2.28. The zero-order valence-electron chi connectivity index (χ0n) is 15.3. The van der Waals surface area contributed by atoms with Gasteiger partial charge in [0.05, 0.1) is 11.4 Å². The van der Waals surface area contributed by atoms with Crippen molar-refractivity contribution in [2.75, 3.05) is 5.32 Å². The molecule has 0 aliphatic heterocycles. The third-order valence-corrected chi connectivity index (χ3v) is 4.55. The summed E-state index contributed by atoms with van der Waals surface area (Å²) in [6.07, 6.45) is 7.22. The molecule has 0 spiro atoms. The first-order valence-electron chi connectivity index (χ1n) is 9.18. The molecule has 1 saturated carbocycles. The molecule has 0 bridgehead atoms. The summed E-state index contributed by atoms with van der Waals surface area (Å²) >= 11 is 0. The third-order valence-electron chi connectivity index (χ3n) is 4.55. The van der Waals surface area contributed by atoms with Crippen molar-refractivity contribution >= 4 is 11.6 Å². The van der Waals surface area contributed by atoms with E-state index in [2.05, 4.69) is 38.9 Å². The summed E-state index contributed by atoms with van der Waals surface area (Å²) in [5.74, 6) is 2.67. The van der Waals surface area contributed by atoms with Crippen LogP contribution in [-0.2, 0) is 17.6 Å². The molecule has 1 N–H and O–H groups in total. The lowest BCUT2D eigenvalue weighted by Gasteiger charge is -2.10. The quantitative estimate of drug-likeness (QED) is 0.798. The minimum Gasteiger partial charge on any atom is -0.324 e. The lowest BCUT2D eigenvalue weighted by Crippen LogP contribution is -2.15. The number of nitrogens with one attached hydrogen (secondary N) is 1. The van der Waals surface area contributed by atoms with E-state index in [1.807, 2.05) is 19.1 Å². The van der Waals surface area contributed by atoms with Crippen LogP contribution < -0.4 is 5.32 Å². The van der Waals surface area contributed by atoms with Gasteiger partial charge >= 0.3 is 0 Å². The van der Waals surface area contributed by atoms with Crippen LogP contribution in [0.25, 0.3) is 0 Å². The number of rotatable bonds is 8. The van der Waals surface area contributed by atoms with Crippen molar-refractivity contribution in [3.8, 4) is 0 Å². The van der Waals surface area contributed by atoms with Crippen LogP contribution in [0.5, 0.6) is 0 Å². The number of nitrogens with zero attached hydrogens (tertiary/aromatic N) is 4. The maximum atomic E-state index is 12.3. The zero-order chi connectivity index (χ0) is 17.8. The minimum absolute atomic E-state index is 0.00910. The second-order valence-corrected chi connectivity index (χ2v) is 7.25. The molecule has 1 aliphatic carbocycles. The lowest BCUT2D eigenvalue weighted by molar-refractivity contribution is -0.116. The van der Waals surface area contributed by atoms with Crippen LogP contribution in [0.15, 0.2) is 18.3 Å². The standard InChI is InChI=1S/C19H27N5O/c1-13(2)6-9-17-22-23-18(24(17)15-7-8-15)10-11-19(25)21-16-5-4-12-20-14(16)3/h4-5,12-13,15H,6-11H2,1-3H3,(H,21,25). The van der Waals surface area contributed by atoms with Gasteiger partial charge in [-0.15, -0.1) is 10.2 Å². The average molecular weight is 341 g/mol. The number of hydrogen-bond acceptors (Lipinski definition) is 4. The Hall–Kier alpha value is -2.24. The molecule has 1 fully saturated rings. The van der Waals surface area contributed by atoms with Gasteiger partial charge < -0.3 is 9.88 Å². The van der Waals surface area contributed by atoms with Crippen molar-refractivity contribution < 1.29 is 4.79 Å². The van der Waals surface area contributed by atoms with E-state index in [9.17, 15) is 4.79 Å². The van der Waals surface area contributed by atoms with Crippen molar-refractivity contribution in [1.29, 1.82) is 0 Å². The Morgan fingerprint density at radius 1 is 1.28 bits per heavy atom. The molecule has 25 heavy (non-hydrogen) atoms. The van der Waals surface area contributed by atoms with Crippen LogP contribution in [0.1, 0.15) is 62.9 Å². The van der Waals surface area contributed by atoms with E-state index < -0.39 is 0 Å². The van der Waals surface area contributed by atoms with Gasteiger partial charge in [-0.3, -0.25) is 9.78 Å². The summed E-state index contributed by atoms with van der Waals surface area (Å²) in [4.78, 5) is 16.5. The normalized spacial score (nSPS) is 14.1. The first kappa shape index (κ1) is 17.6. The number of carbonyl (C=O) groups excluding carboxylic acids is 1. The molecule has 1 amide bonds. The maximum Gasteiger partial charge on any atom is 0.224 e. The van der Waals surface area contributed by atoms with E-state index in [4.69, 9.17) is 0 Å². The molecule has 2 heterocycles. The first-order chi connectivity index (χ1) is 12.0. The van der Waals surface area contributed by atoms with Gasteiger partial charge in [-0.2, -0.15) is 0 Å². The number of aryl methyl sites for hydroxylation is 3. The van der Waals surface area contributed by atoms with Crippen LogP contribution in [-0.4, -0.2) is 25.7 Å². The monoisotopic (exact) mass is 341 g/mol. The smallest absolute Gasteiger partial charge is 0.224 e. The predicted molar refractivity (Wildman–Crippen MR) is 97.4 cm³/mol. The Bertz CT molecular complexity index is 733. The van der Waals surface area contributed by atoms with Crippen LogP contribution in [0, 0.1) is 12.8 Å². The largest absolute Gasteiger partial charge is 0.324 e. The van der Waals surface area contributed by atoms with E-state index in [0.717, 1.165) is 35.9 Å². The number of hydrogen-bond donors (Lipinski definition) is 1. The summed E-state index contributed by atoms with van der Waals surface area (Å²) in [5, 5.41) is 11.7. The molecule has 2 aromatic rings. The first-order valence-corrected chi connectivity index (χ1v) is 9.18. The Balaban J connectivity index is 1.61. The van der Waals surface area contributed by atoms with Crippen LogP contribution in [0.4, 0.5) is 5.69 Å². The summed E-state index contributed by atoms with van der Waals surface area (Å²) in [6.45, 7) is 6.34. The molecule has 0 unspecified atom stereocenters. The Labute approximate surface area is 149 Å². The fourth-order valence-electron chi connectivity index (χ4n) is 2.93. The molecule has 6 heteroatoms.